The minimum atomic E-state index is -0.622. The molecule has 0 amide bonds. The fourth-order valence-corrected chi connectivity index (χ4v) is 1.24. The zero-order chi connectivity index (χ0) is 13.8. The van der Waals surface area contributed by atoms with Crippen LogP contribution in [0, 0.1) is 5.82 Å². The number of nitrogens with zero attached hydrogens (tertiary/aromatic N) is 4. The maximum absolute atomic E-state index is 13.0. The minimum absolute atomic E-state index is 0.0631. The number of carbonyl (C=O) groups is 1. The second-order valence-corrected chi connectivity index (χ2v) is 3.36. The van der Waals surface area contributed by atoms with Gasteiger partial charge >= 0.3 is 12.0 Å². The Balaban J connectivity index is 2.19. The summed E-state index contributed by atoms with van der Waals surface area (Å²) in [5.74, 6) is -1.27. The normalized spacial score (nSPS) is 10.2. The Morgan fingerprint density at radius 2 is 2.32 bits per heavy atom. The molecule has 9 heteroatoms. The second kappa shape index (κ2) is 5.29. The average Bonchev–Trinajstić information content (AvgIpc) is 2.77. The van der Waals surface area contributed by atoms with E-state index < -0.39 is 18.4 Å². The quantitative estimate of drug-likeness (QED) is 0.627. The van der Waals surface area contributed by atoms with Crippen molar-refractivity contribution in [2.75, 3.05) is 13.7 Å². The van der Waals surface area contributed by atoms with E-state index in [0.717, 1.165) is 12.3 Å². The number of methoxy groups -OCH3 is 1. The maximum Gasteiger partial charge on any atom is 0.344 e. The van der Waals surface area contributed by atoms with Crippen LogP contribution in [0.15, 0.2) is 18.5 Å². The Kier molecular flexibility index (Phi) is 3.55. The number of hydrogen-bond acceptors (Lipinski definition) is 7. The van der Waals surface area contributed by atoms with Crippen LogP contribution in [0.3, 0.4) is 0 Å². The molecule has 19 heavy (non-hydrogen) atoms. The summed E-state index contributed by atoms with van der Waals surface area (Å²) in [6.45, 7) is -0.401. The van der Waals surface area contributed by atoms with Gasteiger partial charge < -0.3 is 14.7 Å². The van der Waals surface area contributed by atoms with Crippen LogP contribution in [-0.4, -0.2) is 44.8 Å². The van der Waals surface area contributed by atoms with Crippen LogP contribution in [0.4, 0.5) is 4.39 Å². The molecule has 0 radical (unpaired) electrons. The third kappa shape index (κ3) is 2.94. The largest absolute Gasteiger partial charge is 0.466 e. The summed E-state index contributed by atoms with van der Waals surface area (Å²) < 4.78 is 22.2. The number of halogens is 1. The Bertz CT molecular complexity index is 601. The van der Waals surface area contributed by atoms with Gasteiger partial charge in [0.25, 0.3) is 0 Å². The molecule has 2 heterocycles. The van der Waals surface area contributed by atoms with Crippen molar-refractivity contribution in [2.45, 2.75) is 0 Å². The van der Waals surface area contributed by atoms with E-state index >= 15 is 0 Å². The van der Waals surface area contributed by atoms with E-state index in [0.29, 0.717) is 4.85 Å². The fourth-order valence-electron chi connectivity index (χ4n) is 1.24. The van der Waals surface area contributed by atoms with Crippen molar-refractivity contribution in [3.05, 3.63) is 24.3 Å². The van der Waals surface area contributed by atoms with E-state index in [9.17, 15) is 14.4 Å². The summed E-state index contributed by atoms with van der Waals surface area (Å²) in [6, 6.07) is 0.875. The van der Waals surface area contributed by atoms with Crippen LogP contribution in [0.1, 0.15) is 0 Å². The molecule has 100 valence electrons. The summed E-state index contributed by atoms with van der Waals surface area (Å²) in [4.78, 5) is 18.7. The Morgan fingerprint density at radius 3 is 3.00 bits per heavy atom. The minimum Gasteiger partial charge on any atom is -0.466 e. The average molecular weight is 268 g/mol. The first kappa shape index (κ1) is 12.7. The van der Waals surface area contributed by atoms with Crippen molar-refractivity contribution in [2.24, 2.45) is 0 Å². The smallest absolute Gasteiger partial charge is 0.344 e. The molecule has 2 aromatic rings. The van der Waals surface area contributed by atoms with Gasteiger partial charge in [-0.1, -0.05) is 9.94 Å². The van der Waals surface area contributed by atoms with E-state index in [4.69, 9.17) is 4.74 Å². The number of aromatic nitrogens is 4. The molecule has 0 bridgehead atoms. The predicted octanol–water partition coefficient (Wildman–Crippen LogP) is 0.268. The monoisotopic (exact) mass is 268 g/mol. The molecule has 0 saturated carbocycles. The molecule has 0 aromatic carbocycles. The number of esters is 1. The molecule has 8 nitrogen and oxygen atoms in total. The van der Waals surface area contributed by atoms with E-state index in [1.807, 2.05) is 0 Å². The van der Waals surface area contributed by atoms with Crippen molar-refractivity contribution >= 4 is 5.97 Å². The zero-order valence-electron chi connectivity index (χ0n) is 9.78. The topological polar surface area (TPSA) is 99.4 Å². The number of rotatable bonds is 4. The van der Waals surface area contributed by atoms with Gasteiger partial charge in [-0.25, -0.2) is 9.18 Å². The van der Waals surface area contributed by atoms with Crippen molar-refractivity contribution < 1.29 is 23.9 Å². The molecule has 2 rings (SSSR count). The number of pyridine rings is 1. The van der Waals surface area contributed by atoms with Gasteiger partial charge in [-0.05, 0) is 6.07 Å². The lowest BCUT2D eigenvalue weighted by atomic mass is 10.3. The third-order valence-electron chi connectivity index (χ3n) is 2.08. The lowest BCUT2D eigenvalue weighted by Gasteiger charge is -1.98. The van der Waals surface area contributed by atoms with Crippen LogP contribution in [0.5, 0.6) is 6.01 Å². The lowest BCUT2D eigenvalue weighted by molar-refractivity contribution is -0.143. The number of carbonyl (C=O) groups excluding carboxylic acids is 1. The molecule has 0 unspecified atom stereocenters. The first-order valence-electron chi connectivity index (χ1n) is 5.07. The van der Waals surface area contributed by atoms with Crippen LogP contribution in [0.25, 0.3) is 11.4 Å². The van der Waals surface area contributed by atoms with Gasteiger partial charge in [0.2, 0.25) is 5.82 Å². The maximum atomic E-state index is 13.0. The highest BCUT2D eigenvalue weighted by atomic mass is 19.1. The first-order valence-corrected chi connectivity index (χ1v) is 5.07. The molecular formula is C10H9FN4O4. The van der Waals surface area contributed by atoms with Crippen LogP contribution >= 0.6 is 0 Å². The highest BCUT2D eigenvalue weighted by Gasteiger charge is 2.14. The van der Waals surface area contributed by atoms with E-state index in [-0.39, 0.29) is 17.4 Å². The molecule has 0 aliphatic carbocycles. The standard InChI is InChI=1S/C10H9FN4O4/c1-18-8(16)5-19-10-13-9(15(17)14-10)6-2-7(11)4-12-3-6/h2-4,17H,5H2,1H3. The molecule has 0 atom stereocenters. The number of ether oxygens (including phenoxy) is 2. The molecule has 0 spiro atoms. The van der Waals surface area contributed by atoms with Crippen LogP contribution < -0.4 is 4.74 Å². The second-order valence-electron chi connectivity index (χ2n) is 3.36. The molecule has 2 aromatic heterocycles. The highest BCUT2D eigenvalue weighted by molar-refractivity contribution is 5.70. The zero-order valence-corrected chi connectivity index (χ0v) is 9.78. The Hall–Kier alpha value is -2.71. The summed E-state index contributed by atoms with van der Waals surface area (Å²) >= 11 is 0. The van der Waals surface area contributed by atoms with Crippen molar-refractivity contribution in [3.8, 4) is 17.4 Å². The molecule has 0 saturated heterocycles. The van der Waals surface area contributed by atoms with Crippen molar-refractivity contribution in [3.63, 3.8) is 0 Å². The van der Waals surface area contributed by atoms with E-state index in [1.54, 1.807) is 0 Å². The fraction of sp³-hybridized carbons (Fsp3) is 0.200. The van der Waals surface area contributed by atoms with Gasteiger partial charge in [0.15, 0.2) is 6.61 Å². The highest BCUT2D eigenvalue weighted by Crippen LogP contribution is 2.18. The summed E-state index contributed by atoms with van der Waals surface area (Å²) in [6.07, 6.45) is 2.31. The van der Waals surface area contributed by atoms with Gasteiger partial charge in [0.1, 0.15) is 5.82 Å². The van der Waals surface area contributed by atoms with Gasteiger partial charge in [0.05, 0.1) is 13.3 Å². The lowest BCUT2D eigenvalue weighted by Crippen LogP contribution is -2.13. The van der Waals surface area contributed by atoms with E-state index in [2.05, 4.69) is 19.8 Å². The molecule has 0 fully saturated rings. The predicted molar refractivity (Wildman–Crippen MR) is 57.9 cm³/mol. The van der Waals surface area contributed by atoms with Crippen LogP contribution in [0.2, 0.25) is 0 Å². The van der Waals surface area contributed by atoms with Gasteiger partial charge in [-0.3, -0.25) is 4.98 Å². The molecule has 1 N–H and O–H groups in total. The first-order chi connectivity index (χ1) is 9.10. The van der Waals surface area contributed by atoms with Gasteiger partial charge in [-0.15, -0.1) is 0 Å². The molecule has 0 aliphatic heterocycles. The van der Waals surface area contributed by atoms with Crippen molar-refractivity contribution in [1.29, 1.82) is 0 Å². The third-order valence-corrected chi connectivity index (χ3v) is 2.08. The van der Waals surface area contributed by atoms with Gasteiger partial charge in [-0.2, -0.15) is 4.98 Å². The summed E-state index contributed by atoms with van der Waals surface area (Å²) in [7, 11) is 1.20. The SMILES string of the molecule is COC(=O)COc1nc(-c2cncc(F)c2)n(O)n1. The van der Waals surface area contributed by atoms with Gasteiger partial charge in [0, 0.05) is 11.8 Å². The molecular weight excluding hydrogens is 259 g/mol. The Labute approximate surface area is 106 Å². The summed E-state index contributed by atoms with van der Waals surface area (Å²) in [5.41, 5.74) is 0.211. The molecule has 0 aliphatic rings. The summed E-state index contributed by atoms with van der Waals surface area (Å²) in [5, 5.41) is 13.0. The Morgan fingerprint density at radius 1 is 1.53 bits per heavy atom. The number of hydrogen-bond donors (Lipinski definition) is 1. The van der Waals surface area contributed by atoms with E-state index in [1.165, 1.54) is 13.3 Å². The van der Waals surface area contributed by atoms with Crippen molar-refractivity contribution in [1.82, 2.24) is 19.9 Å². The van der Waals surface area contributed by atoms with Crippen LogP contribution in [-0.2, 0) is 9.53 Å².